The number of aromatic nitrogens is 1. The van der Waals surface area contributed by atoms with Gasteiger partial charge in [0.05, 0.1) is 0 Å². The average Bonchev–Trinajstić information content (AvgIpc) is 2.90. The first-order valence-corrected chi connectivity index (χ1v) is 12.4. The van der Waals surface area contributed by atoms with E-state index in [1.165, 1.54) is 0 Å². The van der Waals surface area contributed by atoms with Crippen molar-refractivity contribution in [2.75, 3.05) is 6.61 Å². The molecule has 1 aromatic carbocycles. The number of thiazole rings is 1. The number of hydrogen-bond acceptors (Lipinski definition) is 8. The summed E-state index contributed by atoms with van der Waals surface area (Å²) in [7, 11) is -3.98. The van der Waals surface area contributed by atoms with E-state index < -0.39 is 39.0 Å². The maximum absolute atomic E-state index is 12.3. The van der Waals surface area contributed by atoms with E-state index in [1.54, 1.807) is 18.2 Å². The second kappa shape index (κ2) is 7.33. The molecule has 24 heavy (non-hydrogen) atoms. The second-order valence-electron chi connectivity index (χ2n) is 4.34. The fourth-order valence-electron chi connectivity index (χ4n) is 1.66. The van der Waals surface area contributed by atoms with Gasteiger partial charge in [0.1, 0.15) is 0 Å². The third-order valence-electron chi connectivity index (χ3n) is 2.60. The first-order chi connectivity index (χ1) is 11.2. The molecule has 8 nitrogen and oxygen atoms in total. The van der Waals surface area contributed by atoms with Crippen molar-refractivity contribution in [1.29, 1.82) is 0 Å². The minimum atomic E-state index is -3.98. The minimum absolute atomic E-state index is 0.234. The third kappa shape index (κ3) is 4.34. The number of rotatable bonds is 7. The number of carboxylic acid groups (broad SMARTS) is 1. The molecule has 2 N–H and O–H groups in total. The molecule has 0 bridgehead atoms. The number of aliphatic hydroxyl groups is 1. The number of carbonyl (C=O) groups is 2. The van der Waals surface area contributed by atoms with E-state index in [2.05, 4.69) is 4.98 Å². The van der Waals surface area contributed by atoms with Gasteiger partial charge >= 0.3 is 146 Å². The Labute approximate surface area is 146 Å². The van der Waals surface area contributed by atoms with Gasteiger partial charge in [-0.05, 0) is 0 Å². The number of aliphatic carboxylic acids is 1. The van der Waals surface area contributed by atoms with E-state index in [1.807, 2.05) is 6.92 Å². The van der Waals surface area contributed by atoms with Gasteiger partial charge < -0.3 is 0 Å². The van der Waals surface area contributed by atoms with Crippen LogP contribution in [0, 0.1) is 0 Å². The van der Waals surface area contributed by atoms with Crippen molar-refractivity contribution in [2.24, 2.45) is 0 Å². The molecule has 128 valence electrons. The number of allylic oxidation sites excluding steroid dienone is 1. The Morgan fingerprint density at radius 1 is 1.38 bits per heavy atom. The number of hydrogen-bond donors (Lipinski definition) is 2. The Kier molecular flexibility index (Phi) is 5.63. The van der Waals surface area contributed by atoms with Crippen LogP contribution in [0.1, 0.15) is 6.92 Å². The Morgan fingerprint density at radius 2 is 2.08 bits per heavy atom. The van der Waals surface area contributed by atoms with E-state index >= 15 is 0 Å². The summed E-state index contributed by atoms with van der Waals surface area (Å²) in [5.74, 6) is -2.04. The van der Waals surface area contributed by atoms with Gasteiger partial charge in [-0.25, -0.2) is 0 Å². The van der Waals surface area contributed by atoms with Crippen molar-refractivity contribution in [3.63, 3.8) is 0 Å². The summed E-state index contributed by atoms with van der Waals surface area (Å²) in [6.45, 7) is 2.28. The average molecular weight is 433 g/mol. The topological polar surface area (TPSA) is 131 Å². The normalized spacial score (nSPS) is 12.8. The van der Waals surface area contributed by atoms with Crippen LogP contribution < -0.4 is 4.74 Å². The van der Waals surface area contributed by atoms with Crippen LogP contribution in [0.5, 0.6) is 5.75 Å². The van der Waals surface area contributed by atoms with Crippen LogP contribution in [0.2, 0.25) is 0 Å². The molecule has 1 aromatic heterocycles. The SMILES string of the molecule is CCOc1ccc2nc(S(=O)(=O)[AsH]C(=O)C(O)=CC(=O)O)sc2c1. The van der Waals surface area contributed by atoms with Gasteiger partial charge in [-0.3, -0.25) is 0 Å². The Balaban J connectivity index is 2.30. The second-order valence-corrected chi connectivity index (χ2v) is 12.9. The van der Waals surface area contributed by atoms with Gasteiger partial charge in [-0.2, -0.15) is 0 Å². The zero-order valence-electron chi connectivity index (χ0n) is 12.2. The van der Waals surface area contributed by atoms with Gasteiger partial charge in [-0.15, -0.1) is 0 Å². The predicted molar refractivity (Wildman–Crippen MR) is 88.5 cm³/mol. The monoisotopic (exact) mass is 433 g/mol. The number of nitrogens with zero attached hydrogens (tertiary/aromatic N) is 1. The Bertz CT molecular complexity index is 933. The van der Waals surface area contributed by atoms with E-state index in [-0.39, 0.29) is 10.4 Å². The van der Waals surface area contributed by atoms with Crippen LogP contribution in [0.3, 0.4) is 0 Å². The van der Waals surface area contributed by atoms with Crippen molar-refractivity contribution >= 4 is 54.8 Å². The molecule has 0 saturated carbocycles. The molecule has 1 heterocycles. The summed E-state index contributed by atoms with van der Waals surface area (Å²) in [4.78, 5) is 26.1. The van der Waals surface area contributed by atoms with Gasteiger partial charge in [0.15, 0.2) is 0 Å². The molecule has 0 saturated heterocycles. The van der Waals surface area contributed by atoms with Gasteiger partial charge in [0, 0.05) is 0 Å². The molecule has 0 aliphatic heterocycles. The van der Waals surface area contributed by atoms with E-state index in [0.29, 0.717) is 22.6 Å². The molecule has 0 aliphatic rings. The van der Waals surface area contributed by atoms with Crippen LogP contribution in [-0.2, 0) is 17.7 Å². The predicted octanol–water partition coefficient (Wildman–Crippen LogP) is 0.873. The molecule has 2 aromatic rings. The third-order valence-corrected chi connectivity index (χ3v) is 10.9. The summed E-state index contributed by atoms with van der Waals surface area (Å²) in [5, 5.41) is 17.8. The van der Waals surface area contributed by atoms with Crippen molar-refractivity contribution in [3.05, 3.63) is 30.0 Å². The molecule has 0 spiro atoms. The number of aliphatic hydroxyl groups excluding tert-OH is 1. The quantitative estimate of drug-likeness (QED) is 0.374. The zero-order chi connectivity index (χ0) is 17.9. The van der Waals surface area contributed by atoms with Crippen LogP contribution in [0.15, 0.2) is 34.4 Å². The van der Waals surface area contributed by atoms with E-state index in [4.69, 9.17) is 9.84 Å². The Morgan fingerprint density at radius 3 is 2.71 bits per heavy atom. The fraction of sp³-hybridized carbons (Fsp3) is 0.154. The molecule has 1 atom stereocenters. The Hall–Kier alpha value is -1.90. The molecule has 0 radical (unpaired) electrons. The van der Waals surface area contributed by atoms with Gasteiger partial charge in [0.2, 0.25) is 0 Å². The summed E-state index contributed by atoms with van der Waals surface area (Å²) in [5.41, 5.74) is 0.450. The molecule has 0 aliphatic carbocycles. The number of fused-ring (bicyclic) bond motifs is 1. The first kappa shape index (κ1) is 18.4. The van der Waals surface area contributed by atoms with Gasteiger partial charge in [-0.1, -0.05) is 0 Å². The molecule has 1 unspecified atom stereocenters. The molecular weight excluding hydrogens is 421 g/mol. The standard InChI is InChI=1S/C13H12AsNO7S2/c1-2-22-7-3-4-8-10(5-7)23-13(15-8)24(20,21)14-12(19)9(16)6-11(17)18/h3-6,14,16H,2H2,1H3,(H,17,18). The molecule has 2 rings (SSSR count). The summed E-state index contributed by atoms with van der Waals surface area (Å²) in [6.07, 6.45) is 0.272. The maximum atomic E-state index is 12.3. The number of carbonyl (C=O) groups excluding carboxylic acids is 1. The summed E-state index contributed by atoms with van der Waals surface area (Å²) in [6, 6.07) is 4.92. The van der Waals surface area contributed by atoms with Crippen molar-refractivity contribution in [1.82, 2.24) is 4.98 Å². The number of carboxylic acids is 1. The van der Waals surface area contributed by atoms with Crippen LogP contribution in [-0.4, -0.2) is 55.4 Å². The van der Waals surface area contributed by atoms with E-state index in [9.17, 15) is 23.1 Å². The molecule has 11 heteroatoms. The fourth-order valence-corrected chi connectivity index (χ4v) is 8.36. The molecule has 0 amide bonds. The number of benzene rings is 1. The van der Waals surface area contributed by atoms with Crippen molar-refractivity contribution < 1.29 is 33.0 Å². The van der Waals surface area contributed by atoms with E-state index in [0.717, 1.165) is 11.3 Å². The zero-order valence-corrected chi connectivity index (χ0v) is 15.9. The van der Waals surface area contributed by atoms with Crippen LogP contribution >= 0.6 is 11.3 Å². The summed E-state index contributed by atoms with van der Waals surface area (Å²) >= 11 is -1.48. The van der Waals surface area contributed by atoms with Crippen LogP contribution in [0.25, 0.3) is 10.2 Å². The first-order valence-electron chi connectivity index (χ1n) is 6.47. The van der Waals surface area contributed by atoms with Crippen LogP contribution in [0.4, 0.5) is 0 Å². The molecule has 0 fully saturated rings. The summed E-state index contributed by atoms with van der Waals surface area (Å²) < 4.78 is 29.1. The van der Waals surface area contributed by atoms with Gasteiger partial charge in [0.25, 0.3) is 0 Å². The number of ether oxygens (including phenoxy) is 1. The van der Waals surface area contributed by atoms with Crippen molar-refractivity contribution in [3.8, 4) is 5.75 Å². The van der Waals surface area contributed by atoms with Crippen molar-refractivity contribution in [2.45, 2.75) is 11.3 Å². The molecular formula is C13H12AsNO7S2.